The zero-order valence-electron chi connectivity index (χ0n) is 10.3. The van der Waals surface area contributed by atoms with Crippen molar-refractivity contribution >= 4 is 17.4 Å². The third kappa shape index (κ3) is 2.95. The molecular weight excluding hydrogens is 250 g/mol. The first kappa shape index (κ1) is 12.8. The number of methoxy groups -OCH3 is 1. The minimum Gasteiger partial charge on any atom is -0.496 e. The minimum atomic E-state index is 0.643. The van der Waals surface area contributed by atoms with E-state index in [2.05, 4.69) is 10.1 Å². The van der Waals surface area contributed by atoms with Crippen LogP contribution in [0.1, 0.15) is 18.6 Å². The Kier molecular flexibility index (Phi) is 4.09. The molecule has 0 bridgehead atoms. The van der Waals surface area contributed by atoms with Gasteiger partial charge in [0.05, 0.1) is 12.9 Å². The van der Waals surface area contributed by atoms with Gasteiger partial charge in [0.1, 0.15) is 5.75 Å². The number of benzene rings is 1. The predicted octanol–water partition coefficient (Wildman–Crippen LogP) is 2.52. The Morgan fingerprint density at radius 2 is 2.28 bits per heavy atom. The number of hydrogen-bond donors (Lipinski definition) is 1. The number of rotatable bonds is 5. The van der Waals surface area contributed by atoms with Crippen molar-refractivity contribution in [3.63, 3.8) is 0 Å². The maximum atomic E-state index is 5.70. The van der Waals surface area contributed by atoms with E-state index in [1.54, 1.807) is 24.9 Å². The molecule has 0 atom stereocenters. The van der Waals surface area contributed by atoms with Gasteiger partial charge >= 0.3 is 0 Å². The Labute approximate surface area is 110 Å². The highest BCUT2D eigenvalue weighted by Crippen LogP contribution is 2.32. The molecule has 0 fully saturated rings. The molecule has 0 saturated carbocycles. The number of nitrogen functional groups attached to an aromatic ring is 1. The maximum Gasteiger partial charge on any atom is 0.226 e. The molecule has 0 unspecified atom stereocenters. The van der Waals surface area contributed by atoms with Gasteiger partial charge in [0.15, 0.2) is 5.82 Å². The van der Waals surface area contributed by atoms with Crippen LogP contribution in [0.5, 0.6) is 5.75 Å². The molecule has 96 valence electrons. The number of hydrogen-bond acceptors (Lipinski definition) is 6. The number of nitrogens with zero attached hydrogens (tertiary/aromatic N) is 2. The molecule has 0 aliphatic rings. The fourth-order valence-electron chi connectivity index (χ4n) is 1.44. The average molecular weight is 265 g/mol. The number of ether oxygens (including phenoxy) is 1. The van der Waals surface area contributed by atoms with Crippen LogP contribution in [0.2, 0.25) is 0 Å². The van der Waals surface area contributed by atoms with Crippen molar-refractivity contribution in [3.05, 3.63) is 29.9 Å². The summed E-state index contributed by atoms with van der Waals surface area (Å²) in [4.78, 5) is 5.26. The van der Waals surface area contributed by atoms with Gasteiger partial charge in [-0.25, -0.2) is 0 Å². The summed E-state index contributed by atoms with van der Waals surface area (Å²) in [5.41, 5.74) is 6.39. The maximum absolute atomic E-state index is 5.70. The molecule has 2 N–H and O–H groups in total. The largest absolute Gasteiger partial charge is 0.496 e. The third-order valence-electron chi connectivity index (χ3n) is 2.36. The number of thioether (sulfide) groups is 1. The zero-order chi connectivity index (χ0) is 13.0. The van der Waals surface area contributed by atoms with Crippen molar-refractivity contribution in [1.82, 2.24) is 10.1 Å². The van der Waals surface area contributed by atoms with Gasteiger partial charge in [0.25, 0.3) is 0 Å². The van der Waals surface area contributed by atoms with Crippen molar-refractivity contribution in [3.8, 4) is 5.75 Å². The van der Waals surface area contributed by atoms with Crippen LogP contribution in [-0.4, -0.2) is 17.3 Å². The highest BCUT2D eigenvalue weighted by Gasteiger charge is 2.08. The molecule has 1 aromatic heterocycles. The van der Waals surface area contributed by atoms with Crippen LogP contribution in [0.15, 0.2) is 27.6 Å². The summed E-state index contributed by atoms with van der Waals surface area (Å²) in [6, 6.07) is 5.58. The van der Waals surface area contributed by atoms with Gasteiger partial charge in [-0.1, -0.05) is 12.1 Å². The molecule has 0 aliphatic heterocycles. The molecule has 1 heterocycles. The van der Waals surface area contributed by atoms with Crippen molar-refractivity contribution in [2.45, 2.75) is 24.0 Å². The van der Waals surface area contributed by atoms with E-state index in [1.807, 2.05) is 19.1 Å². The summed E-state index contributed by atoms with van der Waals surface area (Å²) in [7, 11) is 1.63. The van der Waals surface area contributed by atoms with Crippen LogP contribution in [0.3, 0.4) is 0 Å². The zero-order valence-corrected chi connectivity index (χ0v) is 11.2. The van der Waals surface area contributed by atoms with Gasteiger partial charge < -0.3 is 15.0 Å². The molecule has 6 heteroatoms. The molecule has 2 rings (SSSR count). The standard InChI is InChI=1S/C12H15N3O2S/c1-3-12-14-11(15-17-12)7-18-10-5-4-8(13)6-9(10)16-2/h4-6H,3,7,13H2,1-2H3. The Morgan fingerprint density at radius 1 is 1.44 bits per heavy atom. The molecule has 18 heavy (non-hydrogen) atoms. The van der Waals surface area contributed by atoms with Crippen molar-refractivity contribution in [1.29, 1.82) is 0 Å². The van der Waals surface area contributed by atoms with E-state index in [0.717, 1.165) is 17.1 Å². The van der Waals surface area contributed by atoms with Crippen LogP contribution in [-0.2, 0) is 12.2 Å². The lowest BCUT2D eigenvalue weighted by Crippen LogP contribution is -1.91. The first-order chi connectivity index (χ1) is 8.72. The van der Waals surface area contributed by atoms with Gasteiger partial charge in [0, 0.05) is 23.1 Å². The normalized spacial score (nSPS) is 10.6. The van der Waals surface area contributed by atoms with E-state index < -0.39 is 0 Å². The lowest BCUT2D eigenvalue weighted by atomic mass is 10.3. The van der Waals surface area contributed by atoms with Crippen LogP contribution in [0.4, 0.5) is 5.69 Å². The Balaban J connectivity index is 2.05. The molecular formula is C12H15N3O2S. The van der Waals surface area contributed by atoms with E-state index in [4.69, 9.17) is 15.0 Å². The number of aryl methyl sites for hydroxylation is 1. The number of aromatic nitrogens is 2. The van der Waals surface area contributed by atoms with Crippen LogP contribution >= 0.6 is 11.8 Å². The third-order valence-corrected chi connectivity index (χ3v) is 3.41. The lowest BCUT2D eigenvalue weighted by Gasteiger charge is -2.07. The summed E-state index contributed by atoms with van der Waals surface area (Å²) in [6.07, 6.45) is 0.753. The van der Waals surface area contributed by atoms with E-state index in [0.29, 0.717) is 23.2 Å². The fraction of sp³-hybridized carbons (Fsp3) is 0.333. The monoisotopic (exact) mass is 265 g/mol. The minimum absolute atomic E-state index is 0.643. The van der Waals surface area contributed by atoms with Gasteiger partial charge in [-0.3, -0.25) is 0 Å². The molecule has 5 nitrogen and oxygen atoms in total. The second-order valence-corrected chi connectivity index (χ2v) is 4.67. The summed E-state index contributed by atoms with van der Waals surface area (Å²) in [5.74, 6) is 2.76. The lowest BCUT2D eigenvalue weighted by molar-refractivity contribution is 0.378. The fourth-order valence-corrected chi connectivity index (χ4v) is 2.29. The molecule has 0 amide bonds. The topological polar surface area (TPSA) is 74.2 Å². The van der Waals surface area contributed by atoms with Crippen molar-refractivity contribution < 1.29 is 9.26 Å². The molecule has 0 radical (unpaired) electrons. The van der Waals surface area contributed by atoms with E-state index >= 15 is 0 Å². The summed E-state index contributed by atoms with van der Waals surface area (Å²) >= 11 is 1.59. The smallest absolute Gasteiger partial charge is 0.226 e. The molecule has 1 aromatic carbocycles. The highest BCUT2D eigenvalue weighted by molar-refractivity contribution is 7.98. The van der Waals surface area contributed by atoms with Gasteiger partial charge in [0.2, 0.25) is 5.89 Å². The number of anilines is 1. The SMILES string of the molecule is CCc1nc(CSc2ccc(N)cc2OC)no1. The van der Waals surface area contributed by atoms with E-state index in [-0.39, 0.29) is 0 Å². The second kappa shape index (κ2) is 5.77. The van der Waals surface area contributed by atoms with E-state index in [9.17, 15) is 0 Å². The molecule has 0 aliphatic carbocycles. The number of nitrogens with two attached hydrogens (primary N) is 1. The van der Waals surface area contributed by atoms with Crippen molar-refractivity contribution in [2.24, 2.45) is 0 Å². The second-order valence-electron chi connectivity index (χ2n) is 3.66. The van der Waals surface area contributed by atoms with Crippen molar-refractivity contribution in [2.75, 3.05) is 12.8 Å². The first-order valence-corrected chi connectivity index (χ1v) is 6.59. The predicted molar refractivity (Wildman–Crippen MR) is 70.6 cm³/mol. The van der Waals surface area contributed by atoms with Gasteiger partial charge in [-0.05, 0) is 12.1 Å². The van der Waals surface area contributed by atoms with Gasteiger partial charge in [-0.15, -0.1) is 11.8 Å². The highest BCUT2D eigenvalue weighted by atomic mass is 32.2. The quantitative estimate of drug-likeness (QED) is 0.661. The van der Waals surface area contributed by atoms with Crippen LogP contribution in [0, 0.1) is 0 Å². The Morgan fingerprint density at radius 3 is 2.94 bits per heavy atom. The average Bonchev–Trinajstić information content (AvgIpc) is 2.85. The Bertz CT molecular complexity index is 528. The van der Waals surface area contributed by atoms with Gasteiger partial charge in [-0.2, -0.15) is 4.98 Å². The summed E-state index contributed by atoms with van der Waals surface area (Å²) in [5, 5.41) is 3.90. The molecule has 0 spiro atoms. The summed E-state index contributed by atoms with van der Waals surface area (Å²) in [6.45, 7) is 1.98. The summed E-state index contributed by atoms with van der Waals surface area (Å²) < 4.78 is 10.3. The van der Waals surface area contributed by atoms with Crippen LogP contribution in [0.25, 0.3) is 0 Å². The molecule has 0 saturated heterocycles. The van der Waals surface area contributed by atoms with E-state index in [1.165, 1.54) is 0 Å². The Hall–Kier alpha value is -1.69. The first-order valence-electron chi connectivity index (χ1n) is 5.60. The van der Waals surface area contributed by atoms with Crippen LogP contribution < -0.4 is 10.5 Å². The molecule has 2 aromatic rings.